The molecule has 0 aromatic carbocycles. The molecule has 12 bridgehead atoms. The summed E-state index contributed by atoms with van der Waals surface area (Å²) in [6.07, 6.45) is 23.3. The lowest BCUT2D eigenvalue weighted by molar-refractivity contribution is -0.152. The van der Waals surface area contributed by atoms with Crippen molar-refractivity contribution in [3.63, 3.8) is 0 Å². The van der Waals surface area contributed by atoms with Gasteiger partial charge in [-0.05, 0) is 174 Å². The average Bonchev–Trinajstić information content (AvgIpc) is 2.83. The first-order valence-electron chi connectivity index (χ1n) is 16.9. The molecular weight excluding hydrogens is 468 g/mol. The van der Waals surface area contributed by atoms with E-state index in [1.807, 2.05) is 0 Å². The molecule has 0 aliphatic heterocycles. The Labute approximate surface area is 229 Å². The standard InChI is InChI=1S/C34H50N2O2/c37-29(33-12-21-1-22(13-33)3-23(2-21)14-33)35-19-31-8-27-7-28(9-31)11-32(10-27,18-31)20-36-30(38)34-15-24-4-25(16-34)6-26(5-24)17-34/h21-28H,1-20H2,(H,35,37)(H,36,38). The van der Waals surface area contributed by atoms with Gasteiger partial charge in [-0.1, -0.05) is 0 Å². The minimum atomic E-state index is -0.0272. The maximum Gasteiger partial charge on any atom is 0.226 e. The van der Waals surface area contributed by atoms with Crippen LogP contribution < -0.4 is 10.6 Å². The van der Waals surface area contributed by atoms with E-state index in [9.17, 15) is 9.59 Å². The van der Waals surface area contributed by atoms with Crippen LogP contribution in [0.3, 0.4) is 0 Å². The number of hydrogen-bond acceptors (Lipinski definition) is 2. The zero-order valence-electron chi connectivity index (χ0n) is 23.6. The zero-order chi connectivity index (χ0) is 25.3. The molecule has 0 unspecified atom stereocenters. The molecule has 12 rings (SSSR count). The molecule has 12 aliphatic rings. The lowest BCUT2D eigenvalue weighted by Gasteiger charge is -2.63. The van der Waals surface area contributed by atoms with Gasteiger partial charge in [-0.25, -0.2) is 0 Å². The predicted octanol–water partition coefficient (Wildman–Crippen LogP) is 6.24. The molecule has 208 valence electrons. The SMILES string of the molecule is O=C(NCC12CC3CC(C1)CC(CNC(=O)C14CC5CC(CC(C5)C1)C4)(C3)C2)C12CC3CC(CC(C3)C1)C2. The van der Waals surface area contributed by atoms with Gasteiger partial charge in [-0.2, -0.15) is 0 Å². The normalized spacial score (nSPS) is 56.4. The molecule has 0 aromatic rings. The van der Waals surface area contributed by atoms with Crippen molar-refractivity contribution in [3.8, 4) is 0 Å². The molecule has 2 N–H and O–H groups in total. The van der Waals surface area contributed by atoms with E-state index in [2.05, 4.69) is 10.6 Å². The van der Waals surface area contributed by atoms with Gasteiger partial charge in [0.05, 0.1) is 0 Å². The van der Waals surface area contributed by atoms with E-state index in [4.69, 9.17) is 0 Å². The minimum Gasteiger partial charge on any atom is -0.355 e. The summed E-state index contributed by atoms with van der Waals surface area (Å²) in [5.41, 5.74) is 0.516. The van der Waals surface area contributed by atoms with Gasteiger partial charge in [0.15, 0.2) is 0 Å². The van der Waals surface area contributed by atoms with Gasteiger partial charge in [-0.3, -0.25) is 9.59 Å². The number of carbonyl (C=O) groups is 2. The molecule has 4 heteroatoms. The molecule has 12 saturated carbocycles. The summed E-state index contributed by atoms with van der Waals surface area (Å²) >= 11 is 0. The van der Waals surface area contributed by atoms with E-state index in [-0.39, 0.29) is 21.7 Å². The average molecular weight is 519 g/mol. The molecular formula is C34H50N2O2. The molecule has 38 heavy (non-hydrogen) atoms. The van der Waals surface area contributed by atoms with Gasteiger partial charge in [0.1, 0.15) is 0 Å². The highest BCUT2D eigenvalue weighted by molar-refractivity contribution is 5.84. The Balaban J connectivity index is 0.886. The molecule has 0 saturated heterocycles. The number of hydrogen-bond donors (Lipinski definition) is 2. The lowest BCUT2D eigenvalue weighted by Crippen LogP contribution is -2.61. The molecule has 4 nitrogen and oxygen atoms in total. The van der Waals surface area contributed by atoms with E-state index in [1.54, 1.807) is 0 Å². The molecule has 0 heterocycles. The maximum atomic E-state index is 13.8. The summed E-state index contributed by atoms with van der Waals surface area (Å²) in [5, 5.41) is 7.28. The van der Waals surface area contributed by atoms with E-state index < -0.39 is 0 Å². The summed E-state index contributed by atoms with van der Waals surface area (Å²) in [6.45, 7) is 1.82. The first-order chi connectivity index (χ1) is 18.3. The number of nitrogens with one attached hydrogen (secondary N) is 2. The van der Waals surface area contributed by atoms with Crippen molar-refractivity contribution in [1.29, 1.82) is 0 Å². The molecule has 12 aliphatic carbocycles. The summed E-state index contributed by atoms with van der Waals surface area (Å²) in [5.74, 6) is 7.43. The van der Waals surface area contributed by atoms with E-state index >= 15 is 0 Å². The number of rotatable bonds is 6. The van der Waals surface area contributed by atoms with Crippen LogP contribution in [0.15, 0.2) is 0 Å². The van der Waals surface area contributed by atoms with Crippen LogP contribution in [0.25, 0.3) is 0 Å². The Bertz CT molecular complexity index is 883. The van der Waals surface area contributed by atoms with Crippen LogP contribution in [0.2, 0.25) is 0 Å². The van der Waals surface area contributed by atoms with Crippen LogP contribution in [0.1, 0.15) is 116 Å². The summed E-state index contributed by atoms with van der Waals surface area (Å²) in [6, 6.07) is 0. The Kier molecular flexibility index (Phi) is 4.86. The molecule has 0 radical (unpaired) electrons. The van der Waals surface area contributed by atoms with Crippen molar-refractivity contribution in [2.75, 3.05) is 13.1 Å². The van der Waals surface area contributed by atoms with Crippen LogP contribution in [0, 0.1) is 69.0 Å². The van der Waals surface area contributed by atoms with Crippen LogP contribution in [-0.2, 0) is 9.59 Å². The monoisotopic (exact) mass is 518 g/mol. The van der Waals surface area contributed by atoms with Crippen molar-refractivity contribution < 1.29 is 9.59 Å². The zero-order valence-corrected chi connectivity index (χ0v) is 23.6. The van der Waals surface area contributed by atoms with Crippen LogP contribution in [-0.4, -0.2) is 24.9 Å². The maximum absolute atomic E-state index is 13.8. The number of amides is 2. The van der Waals surface area contributed by atoms with Gasteiger partial charge < -0.3 is 10.6 Å². The van der Waals surface area contributed by atoms with E-state index in [0.717, 1.165) is 60.4 Å². The first kappa shape index (κ1) is 23.6. The van der Waals surface area contributed by atoms with Gasteiger partial charge >= 0.3 is 0 Å². The van der Waals surface area contributed by atoms with Crippen molar-refractivity contribution in [2.24, 2.45) is 69.0 Å². The summed E-state index contributed by atoms with van der Waals surface area (Å²) < 4.78 is 0. The Morgan fingerprint density at radius 2 is 0.737 bits per heavy atom. The third-order valence-electron chi connectivity index (χ3n) is 14.6. The summed E-state index contributed by atoms with van der Waals surface area (Å²) in [7, 11) is 0. The van der Waals surface area contributed by atoms with Gasteiger partial charge in [-0.15, -0.1) is 0 Å². The lowest BCUT2D eigenvalue weighted by atomic mass is 9.44. The Morgan fingerprint density at radius 3 is 1.05 bits per heavy atom. The highest BCUT2D eigenvalue weighted by atomic mass is 16.2. The topological polar surface area (TPSA) is 58.2 Å². The number of carbonyl (C=O) groups excluding carboxylic acids is 2. The molecule has 0 aromatic heterocycles. The molecule has 0 atom stereocenters. The van der Waals surface area contributed by atoms with Crippen molar-refractivity contribution in [3.05, 3.63) is 0 Å². The van der Waals surface area contributed by atoms with Gasteiger partial charge in [0, 0.05) is 23.9 Å². The highest BCUT2D eigenvalue weighted by Gasteiger charge is 2.60. The second-order valence-electron chi connectivity index (χ2n) is 17.7. The van der Waals surface area contributed by atoms with Crippen LogP contribution >= 0.6 is 0 Å². The second kappa shape index (κ2) is 7.81. The van der Waals surface area contributed by atoms with Crippen LogP contribution in [0.5, 0.6) is 0 Å². The molecule has 12 fully saturated rings. The minimum absolute atomic E-state index is 0.0272. The summed E-state index contributed by atoms with van der Waals surface area (Å²) in [4.78, 5) is 27.6. The fourth-order valence-corrected chi connectivity index (χ4v) is 14.8. The van der Waals surface area contributed by atoms with E-state index in [1.165, 1.54) is 116 Å². The molecule has 2 amide bonds. The highest BCUT2D eigenvalue weighted by Crippen LogP contribution is 2.66. The van der Waals surface area contributed by atoms with Crippen LogP contribution in [0.4, 0.5) is 0 Å². The Morgan fingerprint density at radius 1 is 0.447 bits per heavy atom. The molecule has 0 spiro atoms. The quantitative estimate of drug-likeness (QED) is 0.437. The van der Waals surface area contributed by atoms with Gasteiger partial charge in [0.25, 0.3) is 0 Å². The fraction of sp³-hybridized carbons (Fsp3) is 0.941. The first-order valence-corrected chi connectivity index (χ1v) is 16.9. The largest absolute Gasteiger partial charge is 0.355 e. The van der Waals surface area contributed by atoms with Gasteiger partial charge in [0.2, 0.25) is 11.8 Å². The van der Waals surface area contributed by atoms with Crippen molar-refractivity contribution in [2.45, 2.75) is 116 Å². The predicted molar refractivity (Wildman–Crippen MR) is 147 cm³/mol. The Hall–Kier alpha value is -1.06. The third-order valence-corrected chi connectivity index (χ3v) is 14.6. The van der Waals surface area contributed by atoms with Crippen molar-refractivity contribution >= 4 is 11.8 Å². The fourth-order valence-electron chi connectivity index (χ4n) is 14.8. The van der Waals surface area contributed by atoms with Crippen molar-refractivity contribution in [1.82, 2.24) is 10.6 Å². The second-order valence-corrected chi connectivity index (χ2v) is 17.7. The van der Waals surface area contributed by atoms with E-state index in [0.29, 0.717) is 11.8 Å². The smallest absolute Gasteiger partial charge is 0.226 e. The third kappa shape index (κ3) is 3.52.